The van der Waals surface area contributed by atoms with Gasteiger partial charge in [0.1, 0.15) is 11.5 Å². The van der Waals surface area contributed by atoms with Crippen LogP contribution in [0.5, 0.6) is 0 Å². The monoisotopic (exact) mass is 428 g/mol. The smallest absolute Gasteiger partial charge is 0.253 e. The highest BCUT2D eigenvalue weighted by atomic mass is 35.5. The molecule has 4 nitrogen and oxygen atoms in total. The first kappa shape index (κ1) is 20.0. The molecule has 0 unspecified atom stereocenters. The van der Waals surface area contributed by atoms with E-state index in [0.29, 0.717) is 22.6 Å². The van der Waals surface area contributed by atoms with Crippen LogP contribution >= 0.6 is 23.2 Å². The number of halogens is 2. The van der Waals surface area contributed by atoms with Crippen LogP contribution in [0.4, 0.5) is 0 Å². The van der Waals surface area contributed by atoms with Gasteiger partial charge in [0.05, 0.1) is 16.6 Å². The Morgan fingerprint density at radius 2 is 1.76 bits per heavy atom. The maximum Gasteiger partial charge on any atom is 0.253 e. The zero-order valence-corrected chi connectivity index (χ0v) is 17.4. The van der Waals surface area contributed by atoms with Crippen molar-refractivity contribution in [1.29, 1.82) is 0 Å². The lowest BCUT2D eigenvalue weighted by molar-refractivity contribution is 0.0704. The van der Waals surface area contributed by atoms with Gasteiger partial charge in [0.25, 0.3) is 5.91 Å². The summed E-state index contributed by atoms with van der Waals surface area (Å²) in [6.07, 6.45) is 1.86. The molecule has 150 valence electrons. The van der Waals surface area contributed by atoms with Crippen molar-refractivity contribution in [3.05, 3.63) is 82.0 Å². The molecule has 1 fully saturated rings. The lowest BCUT2D eigenvalue weighted by Gasteiger charge is -2.32. The first-order valence-corrected chi connectivity index (χ1v) is 10.5. The zero-order valence-electron chi connectivity index (χ0n) is 15.9. The number of hydrogen-bond acceptors (Lipinski definition) is 3. The number of piperidine rings is 1. The number of carbonyl (C=O) groups is 1. The Morgan fingerprint density at radius 3 is 2.48 bits per heavy atom. The van der Waals surface area contributed by atoms with Gasteiger partial charge >= 0.3 is 0 Å². The van der Waals surface area contributed by atoms with Crippen LogP contribution in [0.2, 0.25) is 10.0 Å². The van der Waals surface area contributed by atoms with E-state index in [1.54, 1.807) is 12.1 Å². The second-order valence-corrected chi connectivity index (χ2v) is 8.02. The number of rotatable bonds is 5. The lowest BCUT2D eigenvalue weighted by Crippen LogP contribution is -2.44. The van der Waals surface area contributed by atoms with E-state index in [1.807, 2.05) is 53.4 Å². The summed E-state index contributed by atoms with van der Waals surface area (Å²) < 4.78 is 5.94. The van der Waals surface area contributed by atoms with Crippen LogP contribution in [0.15, 0.2) is 65.1 Å². The average molecular weight is 429 g/mol. The first-order valence-electron chi connectivity index (χ1n) is 9.72. The minimum absolute atomic E-state index is 0.112. The molecule has 0 saturated carbocycles. The van der Waals surface area contributed by atoms with E-state index in [4.69, 9.17) is 27.6 Å². The molecule has 1 aliphatic heterocycles. The highest BCUT2D eigenvalue weighted by Gasteiger charge is 2.23. The molecule has 1 N–H and O–H groups in total. The summed E-state index contributed by atoms with van der Waals surface area (Å²) in [5.74, 6) is 1.75. The van der Waals surface area contributed by atoms with E-state index in [9.17, 15) is 4.79 Å². The highest BCUT2D eigenvalue weighted by molar-refractivity contribution is 6.42. The number of hydrogen-bond donors (Lipinski definition) is 1. The molecule has 2 heterocycles. The molecule has 0 bridgehead atoms. The van der Waals surface area contributed by atoms with Gasteiger partial charge in [-0.15, -0.1) is 0 Å². The van der Waals surface area contributed by atoms with Gasteiger partial charge in [-0.1, -0.05) is 41.4 Å². The third-order valence-corrected chi connectivity index (χ3v) is 5.97. The number of likely N-dealkylation sites (tertiary alicyclic amines) is 1. The first-order chi connectivity index (χ1) is 14.1. The molecule has 2 aromatic carbocycles. The molecule has 0 radical (unpaired) electrons. The summed E-state index contributed by atoms with van der Waals surface area (Å²) in [7, 11) is 0. The number of carbonyl (C=O) groups excluding carboxylic acids is 1. The molecule has 1 aliphatic rings. The van der Waals surface area contributed by atoms with Crippen molar-refractivity contribution in [1.82, 2.24) is 10.2 Å². The predicted octanol–water partition coefficient (Wildman–Crippen LogP) is 5.65. The van der Waals surface area contributed by atoms with Crippen LogP contribution in [0.3, 0.4) is 0 Å². The Balaban J connectivity index is 1.28. The topological polar surface area (TPSA) is 45.5 Å². The largest absolute Gasteiger partial charge is 0.460 e. The van der Waals surface area contributed by atoms with Crippen LogP contribution in [0.1, 0.15) is 29.0 Å². The van der Waals surface area contributed by atoms with Crippen molar-refractivity contribution in [2.75, 3.05) is 13.1 Å². The van der Waals surface area contributed by atoms with E-state index in [0.717, 1.165) is 48.6 Å². The van der Waals surface area contributed by atoms with Crippen molar-refractivity contribution in [2.24, 2.45) is 0 Å². The fourth-order valence-corrected chi connectivity index (χ4v) is 3.87. The van der Waals surface area contributed by atoms with Crippen molar-refractivity contribution in [3.8, 4) is 11.3 Å². The average Bonchev–Trinajstić information content (AvgIpc) is 3.24. The van der Waals surface area contributed by atoms with Crippen molar-refractivity contribution in [3.63, 3.8) is 0 Å². The van der Waals surface area contributed by atoms with Crippen LogP contribution in [0, 0.1) is 0 Å². The standard InChI is InChI=1S/C23H22Cl2N2O2/c24-20-8-6-17(14-21(20)25)22-9-7-19(29-22)15-26-18-10-12-27(13-11-18)23(28)16-4-2-1-3-5-16/h1-9,14,18,26H,10-13,15H2. The number of benzene rings is 2. The minimum Gasteiger partial charge on any atom is -0.460 e. The molecule has 1 aromatic heterocycles. The third kappa shape index (κ3) is 4.84. The van der Waals surface area contributed by atoms with Crippen LogP contribution in [-0.2, 0) is 6.54 Å². The van der Waals surface area contributed by atoms with Crippen molar-refractivity contribution >= 4 is 29.1 Å². The van der Waals surface area contributed by atoms with Crippen molar-refractivity contribution in [2.45, 2.75) is 25.4 Å². The van der Waals surface area contributed by atoms with E-state index in [2.05, 4.69) is 5.32 Å². The molecule has 0 atom stereocenters. The van der Waals surface area contributed by atoms with Gasteiger partial charge in [-0.3, -0.25) is 4.79 Å². The molecule has 0 aliphatic carbocycles. The fourth-order valence-electron chi connectivity index (χ4n) is 3.57. The van der Waals surface area contributed by atoms with Crippen LogP contribution in [0.25, 0.3) is 11.3 Å². The summed E-state index contributed by atoms with van der Waals surface area (Å²) in [6, 6.07) is 19.2. The molecule has 0 spiro atoms. The molecular weight excluding hydrogens is 407 g/mol. The van der Waals surface area contributed by atoms with Gasteiger partial charge in [-0.05, 0) is 55.3 Å². The zero-order chi connectivity index (χ0) is 20.2. The summed E-state index contributed by atoms with van der Waals surface area (Å²) in [5.41, 5.74) is 1.66. The molecule has 1 amide bonds. The normalized spacial score (nSPS) is 14.9. The molecule has 1 saturated heterocycles. The molecule has 3 aromatic rings. The predicted molar refractivity (Wildman–Crippen MR) is 116 cm³/mol. The number of furan rings is 1. The summed E-state index contributed by atoms with van der Waals surface area (Å²) in [4.78, 5) is 14.5. The van der Waals surface area contributed by atoms with Gasteiger partial charge in [0, 0.05) is 30.3 Å². The van der Waals surface area contributed by atoms with Gasteiger partial charge in [-0.25, -0.2) is 0 Å². The molecule has 4 rings (SSSR count). The fraction of sp³-hybridized carbons (Fsp3) is 0.261. The van der Waals surface area contributed by atoms with E-state index >= 15 is 0 Å². The number of nitrogens with zero attached hydrogens (tertiary/aromatic N) is 1. The number of amides is 1. The Labute approximate surface area is 180 Å². The van der Waals surface area contributed by atoms with E-state index in [1.165, 1.54) is 0 Å². The lowest BCUT2D eigenvalue weighted by atomic mass is 10.0. The highest BCUT2D eigenvalue weighted by Crippen LogP contribution is 2.29. The minimum atomic E-state index is 0.112. The maximum absolute atomic E-state index is 12.5. The Hall–Kier alpha value is -2.27. The van der Waals surface area contributed by atoms with Crippen LogP contribution < -0.4 is 5.32 Å². The maximum atomic E-state index is 12.5. The van der Waals surface area contributed by atoms with E-state index < -0.39 is 0 Å². The van der Waals surface area contributed by atoms with Gasteiger partial charge in [-0.2, -0.15) is 0 Å². The Morgan fingerprint density at radius 1 is 1.00 bits per heavy atom. The van der Waals surface area contributed by atoms with Crippen LogP contribution in [-0.4, -0.2) is 29.9 Å². The second kappa shape index (κ2) is 9.04. The quantitative estimate of drug-likeness (QED) is 0.570. The Kier molecular flexibility index (Phi) is 6.24. The van der Waals surface area contributed by atoms with Gasteiger partial charge in [0.2, 0.25) is 0 Å². The molecule has 6 heteroatoms. The number of nitrogens with one attached hydrogen (secondary N) is 1. The second-order valence-electron chi connectivity index (χ2n) is 7.21. The molecule has 29 heavy (non-hydrogen) atoms. The summed E-state index contributed by atoms with van der Waals surface area (Å²) in [5, 5.41) is 4.58. The van der Waals surface area contributed by atoms with Gasteiger partial charge < -0.3 is 14.6 Å². The van der Waals surface area contributed by atoms with Crippen molar-refractivity contribution < 1.29 is 9.21 Å². The SMILES string of the molecule is O=C(c1ccccc1)N1CCC(NCc2ccc(-c3ccc(Cl)c(Cl)c3)o2)CC1. The molecular formula is C23H22Cl2N2O2. The van der Waals surface area contributed by atoms with E-state index in [-0.39, 0.29) is 5.91 Å². The summed E-state index contributed by atoms with van der Waals surface area (Å²) in [6.45, 7) is 2.18. The Bertz CT molecular complexity index is 980. The van der Waals surface area contributed by atoms with Gasteiger partial charge in [0.15, 0.2) is 0 Å². The summed E-state index contributed by atoms with van der Waals surface area (Å²) >= 11 is 12.1. The third-order valence-electron chi connectivity index (χ3n) is 5.23.